The van der Waals surface area contributed by atoms with Crippen LogP contribution >= 0.6 is 0 Å². The quantitative estimate of drug-likeness (QED) is 0.794. The Bertz CT molecular complexity index is 606. The van der Waals surface area contributed by atoms with Crippen LogP contribution in [-0.4, -0.2) is 38.0 Å². The molecule has 0 spiro atoms. The third-order valence-corrected chi connectivity index (χ3v) is 3.83. The molecule has 3 N–H and O–H groups in total. The van der Waals surface area contributed by atoms with Gasteiger partial charge in [-0.05, 0) is 25.0 Å². The van der Waals surface area contributed by atoms with Gasteiger partial charge in [0.2, 0.25) is 0 Å². The van der Waals surface area contributed by atoms with Crippen molar-refractivity contribution in [3.05, 3.63) is 42.0 Å². The van der Waals surface area contributed by atoms with Gasteiger partial charge in [0, 0.05) is 18.3 Å². The third-order valence-electron chi connectivity index (χ3n) is 3.83. The second kappa shape index (κ2) is 7.13. The predicted molar refractivity (Wildman–Crippen MR) is 83.2 cm³/mol. The fourth-order valence-corrected chi connectivity index (χ4v) is 1.98. The summed E-state index contributed by atoms with van der Waals surface area (Å²) in [5.74, 6) is -0.260. The van der Waals surface area contributed by atoms with Crippen molar-refractivity contribution < 1.29 is 4.79 Å². The molecular formula is C15H22N6O. The van der Waals surface area contributed by atoms with Crippen molar-refractivity contribution in [1.29, 1.82) is 0 Å². The number of carbonyl (C=O) groups excluding carboxylic acids is 1. The van der Waals surface area contributed by atoms with Crippen LogP contribution < -0.4 is 11.1 Å². The molecule has 7 nitrogen and oxygen atoms in total. The first kappa shape index (κ1) is 16.1. The molecule has 1 amide bonds. The first-order chi connectivity index (χ1) is 10.6. The third kappa shape index (κ3) is 4.11. The summed E-state index contributed by atoms with van der Waals surface area (Å²) >= 11 is 0. The number of amides is 1. The molecule has 7 heteroatoms. The molecule has 0 atom stereocenters. The van der Waals surface area contributed by atoms with Crippen molar-refractivity contribution in [3.8, 4) is 0 Å². The van der Waals surface area contributed by atoms with E-state index in [9.17, 15) is 4.79 Å². The van der Waals surface area contributed by atoms with Gasteiger partial charge in [-0.1, -0.05) is 25.1 Å². The first-order valence-electron chi connectivity index (χ1n) is 7.43. The zero-order valence-corrected chi connectivity index (χ0v) is 13.0. The lowest BCUT2D eigenvalue weighted by molar-refractivity contribution is 0.0937. The molecule has 0 radical (unpaired) electrons. The molecule has 22 heavy (non-hydrogen) atoms. The van der Waals surface area contributed by atoms with E-state index in [2.05, 4.69) is 20.6 Å². The predicted octanol–water partition coefficient (Wildman–Crippen LogP) is 0.969. The largest absolute Gasteiger partial charge is 0.349 e. The zero-order valence-electron chi connectivity index (χ0n) is 13.0. The number of aromatic nitrogens is 4. The second-order valence-electron chi connectivity index (χ2n) is 5.37. The van der Waals surface area contributed by atoms with Gasteiger partial charge in [-0.3, -0.25) is 9.78 Å². The normalized spacial score (nSPS) is 11.4. The summed E-state index contributed by atoms with van der Waals surface area (Å²) in [7, 11) is 0. The Labute approximate surface area is 129 Å². The van der Waals surface area contributed by atoms with Gasteiger partial charge in [-0.25, -0.2) is 4.68 Å². The maximum absolute atomic E-state index is 12.1. The van der Waals surface area contributed by atoms with Crippen molar-refractivity contribution in [2.45, 2.75) is 38.8 Å². The van der Waals surface area contributed by atoms with Gasteiger partial charge < -0.3 is 11.1 Å². The van der Waals surface area contributed by atoms with Gasteiger partial charge in [-0.2, -0.15) is 0 Å². The molecule has 0 bridgehead atoms. The van der Waals surface area contributed by atoms with Crippen LogP contribution in [0.25, 0.3) is 0 Å². The van der Waals surface area contributed by atoms with Crippen molar-refractivity contribution in [1.82, 2.24) is 25.3 Å². The highest BCUT2D eigenvalue weighted by atomic mass is 16.2. The maximum Gasteiger partial charge on any atom is 0.273 e. The molecule has 0 saturated heterocycles. The molecule has 2 heterocycles. The molecule has 0 aliphatic carbocycles. The van der Waals surface area contributed by atoms with E-state index in [4.69, 9.17) is 5.73 Å². The van der Waals surface area contributed by atoms with E-state index in [-0.39, 0.29) is 17.1 Å². The summed E-state index contributed by atoms with van der Waals surface area (Å²) in [6.45, 7) is 4.93. The Balaban J connectivity index is 1.95. The van der Waals surface area contributed by atoms with Crippen LogP contribution in [-0.2, 0) is 6.54 Å². The van der Waals surface area contributed by atoms with E-state index in [1.807, 2.05) is 32.0 Å². The second-order valence-corrected chi connectivity index (χ2v) is 5.37. The Hall–Kier alpha value is -2.28. The van der Waals surface area contributed by atoms with Crippen LogP contribution in [0.3, 0.4) is 0 Å². The number of nitrogens with two attached hydrogens (primary N) is 1. The molecule has 2 rings (SSSR count). The number of nitrogens with one attached hydrogen (secondary N) is 1. The van der Waals surface area contributed by atoms with Crippen molar-refractivity contribution in [2.75, 3.05) is 6.54 Å². The summed E-state index contributed by atoms with van der Waals surface area (Å²) in [6, 6.07) is 5.65. The van der Waals surface area contributed by atoms with Gasteiger partial charge in [0.05, 0.1) is 18.4 Å². The van der Waals surface area contributed by atoms with Gasteiger partial charge in [0.1, 0.15) is 0 Å². The van der Waals surface area contributed by atoms with Crippen molar-refractivity contribution in [2.24, 2.45) is 5.73 Å². The lowest BCUT2D eigenvalue weighted by Crippen LogP contribution is -2.49. The monoisotopic (exact) mass is 302 g/mol. The van der Waals surface area contributed by atoms with Crippen LogP contribution in [0, 0.1) is 0 Å². The van der Waals surface area contributed by atoms with E-state index in [1.54, 1.807) is 17.1 Å². The van der Waals surface area contributed by atoms with Gasteiger partial charge in [0.25, 0.3) is 5.91 Å². The molecule has 0 aromatic carbocycles. The zero-order chi connectivity index (χ0) is 16.0. The number of nitrogens with zero attached hydrogens (tertiary/aromatic N) is 4. The fraction of sp³-hybridized carbons (Fsp3) is 0.467. The average molecular weight is 302 g/mol. The summed E-state index contributed by atoms with van der Waals surface area (Å²) < 4.78 is 1.59. The van der Waals surface area contributed by atoms with Crippen LogP contribution in [0.15, 0.2) is 30.6 Å². The topological polar surface area (TPSA) is 98.7 Å². The lowest BCUT2D eigenvalue weighted by atomic mass is 9.94. The summed E-state index contributed by atoms with van der Waals surface area (Å²) in [6.07, 6.45) is 4.93. The molecule has 2 aromatic rings. The average Bonchev–Trinajstić information content (AvgIpc) is 3.02. The highest BCUT2D eigenvalue weighted by Crippen LogP contribution is 2.09. The minimum Gasteiger partial charge on any atom is -0.349 e. The molecule has 0 saturated carbocycles. The molecule has 0 fully saturated rings. The molecule has 0 aliphatic heterocycles. The Morgan fingerprint density at radius 3 is 2.77 bits per heavy atom. The lowest BCUT2D eigenvalue weighted by Gasteiger charge is -2.26. The van der Waals surface area contributed by atoms with Gasteiger partial charge in [0.15, 0.2) is 5.69 Å². The van der Waals surface area contributed by atoms with Crippen molar-refractivity contribution in [3.63, 3.8) is 0 Å². The minimum absolute atomic E-state index is 0.260. The summed E-state index contributed by atoms with van der Waals surface area (Å²) in [5, 5.41) is 10.7. The Kier molecular flexibility index (Phi) is 5.21. The van der Waals surface area contributed by atoms with E-state index in [1.165, 1.54) is 0 Å². The smallest absolute Gasteiger partial charge is 0.273 e. The van der Waals surface area contributed by atoms with Gasteiger partial charge in [-0.15, -0.1) is 5.10 Å². The van der Waals surface area contributed by atoms with Crippen LogP contribution in [0.2, 0.25) is 0 Å². The molecule has 118 valence electrons. The summed E-state index contributed by atoms with van der Waals surface area (Å²) in [5.41, 5.74) is 6.93. The minimum atomic E-state index is -0.375. The fourth-order valence-electron chi connectivity index (χ4n) is 1.98. The summed E-state index contributed by atoms with van der Waals surface area (Å²) in [4.78, 5) is 16.3. The molecule has 0 unspecified atom stereocenters. The molecule has 2 aromatic heterocycles. The number of hydrogen-bond donors (Lipinski definition) is 2. The van der Waals surface area contributed by atoms with Crippen LogP contribution in [0.5, 0.6) is 0 Å². The Morgan fingerprint density at radius 1 is 1.36 bits per heavy atom. The van der Waals surface area contributed by atoms with Crippen LogP contribution in [0.1, 0.15) is 42.9 Å². The first-order valence-corrected chi connectivity index (χ1v) is 7.43. The highest BCUT2D eigenvalue weighted by molar-refractivity contribution is 5.91. The van der Waals surface area contributed by atoms with E-state index in [0.717, 1.165) is 18.5 Å². The Morgan fingerprint density at radius 2 is 2.14 bits per heavy atom. The maximum atomic E-state index is 12.1. The molecule has 0 aliphatic rings. The van der Waals surface area contributed by atoms with E-state index in [0.29, 0.717) is 13.1 Å². The van der Waals surface area contributed by atoms with Crippen LogP contribution in [0.4, 0.5) is 0 Å². The van der Waals surface area contributed by atoms with E-state index < -0.39 is 0 Å². The SMILES string of the molecule is CCC(N)(CC)CNC(=O)c1cn(Cc2ccccn2)nn1. The highest BCUT2D eigenvalue weighted by Gasteiger charge is 2.22. The van der Waals surface area contributed by atoms with Crippen molar-refractivity contribution >= 4 is 5.91 Å². The van der Waals surface area contributed by atoms with E-state index >= 15 is 0 Å². The number of carbonyl (C=O) groups is 1. The van der Waals surface area contributed by atoms with Gasteiger partial charge >= 0.3 is 0 Å². The number of pyridine rings is 1. The number of hydrogen-bond acceptors (Lipinski definition) is 5. The number of rotatable bonds is 7. The molecular weight excluding hydrogens is 280 g/mol. The standard InChI is InChI=1S/C15H22N6O/c1-3-15(16,4-2)11-18-14(22)13-10-21(20-19-13)9-12-7-5-6-8-17-12/h5-8,10H,3-4,9,11,16H2,1-2H3,(H,18,22).